The molecule has 0 spiro atoms. The summed E-state index contributed by atoms with van der Waals surface area (Å²) in [5, 5.41) is 1.88. The number of pyridine rings is 1. The molecule has 0 aliphatic carbocycles. The quantitative estimate of drug-likeness (QED) is 0.863. The van der Waals surface area contributed by atoms with E-state index < -0.39 is 5.25 Å². The van der Waals surface area contributed by atoms with Crippen molar-refractivity contribution >= 4 is 35.1 Å². The molecule has 0 saturated heterocycles. The topological polar surface area (TPSA) is 62.3 Å². The molecular weight excluding hydrogens is 286 g/mol. The van der Waals surface area contributed by atoms with Gasteiger partial charge in [0.05, 0.1) is 5.69 Å². The lowest BCUT2D eigenvalue weighted by Crippen LogP contribution is -2.44. The summed E-state index contributed by atoms with van der Waals surface area (Å²) in [5.74, 6) is -0.144. The first-order chi connectivity index (χ1) is 10.2. The molecule has 2 heterocycles. The van der Waals surface area contributed by atoms with Crippen molar-refractivity contribution in [3.05, 3.63) is 48.7 Å². The third-order valence-corrected chi connectivity index (χ3v) is 4.43. The van der Waals surface area contributed by atoms with E-state index in [9.17, 15) is 9.59 Å². The van der Waals surface area contributed by atoms with Gasteiger partial charge in [-0.3, -0.25) is 9.59 Å². The Morgan fingerprint density at radius 1 is 1.24 bits per heavy atom. The van der Waals surface area contributed by atoms with Gasteiger partial charge < -0.3 is 10.2 Å². The molecule has 1 unspecified atom stereocenters. The number of hydrogen-bond acceptors (Lipinski definition) is 4. The molecule has 0 fully saturated rings. The average Bonchev–Trinajstić information content (AvgIpc) is 2.52. The molecule has 2 aromatic rings. The summed E-state index contributed by atoms with van der Waals surface area (Å²) < 4.78 is 0. The number of benzene rings is 1. The maximum atomic E-state index is 12.3. The van der Waals surface area contributed by atoms with Gasteiger partial charge in [0, 0.05) is 18.1 Å². The van der Waals surface area contributed by atoms with E-state index in [1.807, 2.05) is 24.3 Å². The van der Waals surface area contributed by atoms with Crippen LogP contribution in [0, 0.1) is 0 Å². The number of carbonyl (C=O) groups excluding carboxylic acids is 2. The van der Waals surface area contributed by atoms with Crippen LogP contribution in [0.3, 0.4) is 0 Å². The van der Waals surface area contributed by atoms with Crippen LogP contribution in [0.5, 0.6) is 0 Å². The van der Waals surface area contributed by atoms with Gasteiger partial charge in [0.2, 0.25) is 11.8 Å². The van der Waals surface area contributed by atoms with Gasteiger partial charge in [-0.2, -0.15) is 0 Å². The lowest BCUT2D eigenvalue weighted by atomic mass is 10.2. The zero-order valence-electron chi connectivity index (χ0n) is 11.3. The number of rotatable bonds is 2. The van der Waals surface area contributed by atoms with Crippen LogP contribution in [0.4, 0.5) is 11.5 Å². The number of para-hydroxylation sites is 1. The second-order valence-corrected chi connectivity index (χ2v) is 5.71. The van der Waals surface area contributed by atoms with Crippen molar-refractivity contribution in [2.24, 2.45) is 0 Å². The molecule has 3 rings (SSSR count). The minimum Gasteiger partial charge on any atom is -0.313 e. The molecule has 2 amide bonds. The number of amides is 2. The number of carbonyl (C=O) groups is 2. The molecule has 0 bridgehead atoms. The molecule has 1 N–H and O–H groups in total. The van der Waals surface area contributed by atoms with Crippen molar-refractivity contribution in [2.45, 2.75) is 10.1 Å². The fourth-order valence-corrected chi connectivity index (χ4v) is 3.26. The van der Waals surface area contributed by atoms with Crippen molar-refractivity contribution in [3.63, 3.8) is 0 Å². The van der Waals surface area contributed by atoms with E-state index in [1.54, 1.807) is 31.4 Å². The lowest BCUT2D eigenvalue weighted by Gasteiger charge is -2.30. The van der Waals surface area contributed by atoms with Gasteiger partial charge >= 0.3 is 0 Å². The van der Waals surface area contributed by atoms with Crippen LogP contribution in [0.2, 0.25) is 0 Å². The Balaban J connectivity index is 1.83. The summed E-state index contributed by atoms with van der Waals surface area (Å²) in [6.45, 7) is 0. The Kier molecular flexibility index (Phi) is 3.62. The average molecular weight is 299 g/mol. The number of fused-ring (bicyclic) bond motifs is 1. The van der Waals surface area contributed by atoms with Gasteiger partial charge in [-0.25, -0.2) is 4.98 Å². The van der Waals surface area contributed by atoms with Crippen molar-refractivity contribution in [3.8, 4) is 0 Å². The van der Waals surface area contributed by atoms with Gasteiger partial charge in [0.15, 0.2) is 5.25 Å². The van der Waals surface area contributed by atoms with Crippen LogP contribution in [0.25, 0.3) is 0 Å². The van der Waals surface area contributed by atoms with Crippen LogP contribution in [-0.4, -0.2) is 29.1 Å². The molecule has 1 aromatic heterocycles. The van der Waals surface area contributed by atoms with E-state index in [4.69, 9.17) is 0 Å². The molecule has 0 saturated carbocycles. The number of nitrogens with one attached hydrogen (secondary N) is 1. The molecule has 0 radical (unpaired) electrons. The highest BCUT2D eigenvalue weighted by Crippen LogP contribution is 2.38. The van der Waals surface area contributed by atoms with Crippen LogP contribution in [0.15, 0.2) is 53.6 Å². The van der Waals surface area contributed by atoms with Crippen molar-refractivity contribution in [1.29, 1.82) is 0 Å². The van der Waals surface area contributed by atoms with E-state index in [1.165, 1.54) is 16.7 Å². The molecule has 1 atom stereocenters. The second kappa shape index (κ2) is 5.57. The van der Waals surface area contributed by atoms with E-state index in [0.29, 0.717) is 5.82 Å². The minimum absolute atomic E-state index is 0.230. The number of nitrogens with zero attached hydrogens (tertiary/aromatic N) is 2. The third-order valence-electron chi connectivity index (χ3n) is 3.18. The summed E-state index contributed by atoms with van der Waals surface area (Å²) in [5.41, 5.74) is 0.828. The highest BCUT2D eigenvalue weighted by molar-refractivity contribution is 8.01. The highest BCUT2D eigenvalue weighted by Gasteiger charge is 2.36. The second-order valence-electron chi connectivity index (χ2n) is 4.57. The van der Waals surface area contributed by atoms with Gasteiger partial charge in [-0.05, 0) is 24.3 Å². The molecular formula is C15H13N3O2S. The summed E-state index contributed by atoms with van der Waals surface area (Å²) in [7, 11) is 1.68. The molecule has 1 aliphatic heterocycles. The third kappa shape index (κ3) is 2.62. The minimum atomic E-state index is -0.799. The highest BCUT2D eigenvalue weighted by atomic mass is 32.2. The van der Waals surface area contributed by atoms with Crippen LogP contribution >= 0.6 is 11.8 Å². The van der Waals surface area contributed by atoms with Crippen molar-refractivity contribution in [1.82, 2.24) is 4.98 Å². The molecule has 21 heavy (non-hydrogen) atoms. The monoisotopic (exact) mass is 299 g/mol. The number of aromatic nitrogens is 1. The summed E-state index contributed by atoms with van der Waals surface area (Å²) >= 11 is 1.27. The zero-order chi connectivity index (χ0) is 14.8. The predicted molar refractivity (Wildman–Crippen MR) is 82.4 cm³/mol. The first-order valence-electron chi connectivity index (χ1n) is 6.42. The van der Waals surface area contributed by atoms with Gasteiger partial charge in [0.25, 0.3) is 0 Å². The van der Waals surface area contributed by atoms with E-state index >= 15 is 0 Å². The zero-order valence-corrected chi connectivity index (χ0v) is 12.1. The van der Waals surface area contributed by atoms with Crippen molar-refractivity contribution < 1.29 is 9.59 Å². The normalized spacial score (nSPS) is 17.3. The first-order valence-corrected chi connectivity index (χ1v) is 7.30. The van der Waals surface area contributed by atoms with Gasteiger partial charge in [-0.15, -0.1) is 11.8 Å². The molecule has 6 heteroatoms. The predicted octanol–water partition coefficient (Wildman–Crippen LogP) is 2.16. The fourth-order valence-electron chi connectivity index (χ4n) is 2.10. The standard InChI is InChI=1S/C15H13N3O2S/c1-18-10-6-2-3-7-11(10)21-13(15(18)20)14(19)17-12-8-4-5-9-16-12/h2-9,13H,1H3,(H,16,17,19). The molecule has 1 aliphatic rings. The fraction of sp³-hybridized carbons (Fsp3) is 0.133. The SMILES string of the molecule is CN1C(=O)C(C(=O)Nc2ccccn2)Sc2ccccc21. The number of thioether (sulfide) groups is 1. The van der Waals surface area contributed by atoms with Gasteiger partial charge in [-0.1, -0.05) is 18.2 Å². The first kappa shape index (κ1) is 13.6. The molecule has 5 nitrogen and oxygen atoms in total. The maximum absolute atomic E-state index is 12.3. The Morgan fingerprint density at radius 3 is 2.76 bits per heavy atom. The molecule has 106 valence electrons. The maximum Gasteiger partial charge on any atom is 0.249 e. The Hall–Kier alpha value is -2.34. The van der Waals surface area contributed by atoms with Crippen LogP contribution in [-0.2, 0) is 9.59 Å². The van der Waals surface area contributed by atoms with Crippen molar-refractivity contribution in [2.75, 3.05) is 17.3 Å². The summed E-state index contributed by atoms with van der Waals surface area (Å²) in [6, 6.07) is 12.8. The number of anilines is 2. The van der Waals surface area contributed by atoms with E-state index in [-0.39, 0.29) is 11.8 Å². The largest absolute Gasteiger partial charge is 0.313 e. The van der Waals surface area contributed by atoms with E-state index in [2.05, 4.69) is 10.3 Å². The summed E-state index contributed by atoms with van der Waals surface area (Å²) in [4.78, 5) is 31.1. The van der Waals surface area contributed by atoms with Crippen LogP contribution in [0.1, 0.15) is 0 Å². The van der Waals surface area contributed by atoms with E-state index in [0.717, 1.165) is 10.6 Å². The Morgan fingerprint density at radius 2 is 2.00 bits per heavy atom. The smallest absolute Gasteiger partial charge is 0.249 e. The number of hydrogen-bond donors (Lipinski definition) is 1. The van der Waals surface area contributed by atoms with Crippen LogP contribution < -0.4 is 10.2 Å². The Labute approximate surface area is 126 Å². The lowest BCUT2D eigenvalue weighted by molar-refractivity contribution is -0.124. The Bertz CT molecular complexity index is 690. The molecule has 1 aromatic carbocycles. The summed E-state index contributed by atoms with van der Waals surface area (Å²) in [6.07, 6.45) is 1.59. The van der Waals surface area contributed by atoms with Gasteiger partial charge in [0.1, 0.15) is 5.82 Å².